The van der Waals surface area contributed by atoms with E-state index in [1.54, 1.807) is 29.7 Å². The van der Waals surface area contributed by atoms with Gasteiger partial charge in [0.2, 0.25) is 5.91 Å². The third-order valence-electron chi connectivity index (χ3n) is 4.27. The van der Waals surface area contributed by atoms with Gasteiger partial charge in [-0.05, 0) is 23.6 Å². The van der Waals surface area contributed by atoms with E-state index in [2.05, 4.69) is 26.2 Å². The van der Waals surface area contributed by atoms with E-state index in [-0.39, 0.29) is 5.91 Å². The van der Waals surface area contributed by atoms with Crippen molar-refractivity contribution in [1.82, 2.24) is 15.2 Å². The van der Waals surface area contributed by atoms with Gasteiger partial charge in [-0.3, -0.25) is 9.69 Å². The third-order valence-corrected chi connectivity index (χ3v) is 5.15. The summed E-state index contributed by atoms with van der Waals surface area (Å²) in [5, 5.41) is 14.2. The number of carbonyl (C=O) groups excluding carboxylic acids is 1. The summed E-state index contributed by atoms with van der Waals surface area (Å²) in [6.45, 7) is 4.77. The van der Waals surface area contributed by atoms with Crippen molar-refractivity contribution in [3.63, 3.8) is 0 Å². The highest BCUT2D eigenvalue weighted by molar-refractivity contribution is 7.09. The zero-order valence-corrected chi connectivity index (χ0v) is 14.8. The van der Waals surface area contributed by atoms with Crippen LogP contribution in [0, 0.1) is 11.3 Å². The second-order valence-corrected chi connectivity index (χ2v) is 6.95. The molecule has 2 aromatic heterocycles. The number of hydrogen-bond acceptors (Lipinski definition) is 6. The molecule has 1 fully saturated rings. The number of nitrogens with zero attached hydrogens (tertiary/aromatic N) is 4. The molecule has 0 radical (unpaired) electrons. The predicted molar refractivity (Wildman–Crippen MR) is 98.4 cm³/mol. The van der Waals surface area contributed by atoms with Crippen LogP contribution in [0.15, 0.2) is 35.8 Å². The number of carbonyl (C=O) groups is 1. The Bertz CT molecular complexity index is 732. The summed E-state index contributed by atoms with van der Waals surface area (Å²) >= 11 is 1.65. The Kier molecular flexibility index (Phi) is 5.99. The number of aromatic nitrogens is 1. The van der Waals surface area contributed by atoms with Crippen LogP contribution in [0.4, 0.5) is 5.82 Å². The molecule has 1 N–H and O–H groups in total. The maximum atomic E-state index is 12.0. The lowest BCUT2D eigenvalue weighted by atomic mass is 10.2. The van der Waals surface area contributed by atoms with Gasteiger partial charge in [-0.15, -0.1) is 11.3 Å². The molecule has 0 unspecified atom stereocenters. The molecule has 3 rings (SSSR count). The van der Waals surface area contributed by atoms with E-state index < -0.39 is 0 Å². The van der Waals surface area contributed by atoms with E-state index in [9.17, 15) is 10.1 Å². The molecule has 0 spiro atoms. The highest BCUT2D eigenvalue weighted by atomic mass is 32.1. The zero-order chi connectivity index (χ0) is 17.5. The molecule has 3 heterocycles. The predicted octanol–water partition coefficient (Wildman–Crippen LogP) is 1.84. The SMILES string of the molecule is N#Cc1cccnc1N1CCN(CCC(=O)NCc2cccs2)CC1. The average Bonchev–Trinajstić information content (AvgIpc) is 3.19. The second kappa shape index (κ2) is 8.60. The number of pyridine rings is 1. The number of amides is 1. The molecule has 1 aliphatic heterocycles. The van der Waals surface area contributed by atoms with Crippen LogP contribution in [0.5, 0.6) is 0 Å². The fraction of sp³-hybridized carbons (Fsp3) is 0.389. The fourth-order valence-electron chi connectivity index (χ4n) is 2.87. The maximum absolute atomic E-state index is 12.0. The van der Waals surface area contributed by atoms with E-state index in [0.29, 0.717) is 18.5 Å². The van der Waals surface area contributed by atoms with Crippen LogP contribution in [0.25, 0.3) is 0 Å². The summed E-state index contributed by atoms with van der Waals surface area (Å²) in [5.41, 5.74) is 0.615. The standard InChI is InChI=1S/C18H21N5OS/c19-13-15-3-1-6-20-18(15)23-10-8-22(9-11-23)7-5-17(24)21-14-16-4-2-12-25-16/h1-4,6,12H,5,7-11,14H2,(H,21,24). The normalized spacial score (nSPS) is 14.9. The first kappa shape index (κ1) is 17.4. The van der Waals surface area contributed by atoms with Crippen LogP contribution < -0.4 is 10.2 Å². The van der Waals surface area contributed by atoms with Gasteiger partial charge in [0.15, 0.2) is 0 Å². The van der Waals surface area contributed by atoms with Crippen molar-refractivity contribution in [2.24, 2.45) is 0 Å². The van der Waals surface area contributed by atoms with E-state index in [0.717, 1.165) is 38.5 Å². The molecule has 0 atom stereocenters. The molecule has 1 aliphatic rings. The lowest BCUT2D eigenvalue weighted by molar-refractivity contribution is -0.121. The minimum absolute atomic E-state index is 0.0901. The van der Waals surface area contributed by atoms with Gasteiger partial charge in [0.05, 0.1) is 12.1 Å². The van der Waals surface area contributed by atoms with Crippen LogP contribution in [-0.2, 0) is 11.3 Å². The number of hydrogen-bond donors (Lipinski definition) is 1. The smallest absolute Gasteiger partial charge is 0.221 e. The van der Waals surface area contributed by atoms with Crippen molar-refractivity contribution in [3.05, 3.63) is 46.3 Å². The molecule has 25 heavy (non-hydrogen) atoms. The Morgan fingerprint density at radius 1 is 1.28 bits per heavy atom. The van der Waals surface area contributed by atoms with Crippen molar-refractivity contribution in [2.75, 3.05) is 37.6 Å². The van der Waals surface area contributed by atoms with Crippen molar-refractivity contribution in [3.8, 4) is 6.07 Å². The first-order chi connectivity index (χ1) is 12.3. The van der Waals surface area contributed by atoms with Crippen molar-refractivity contribution >= 4 is 23.1 Å². The van der Waals surface area contributed by atoms with E-state index in [1.165, 1.54) is 4.88 Å². The van der Waals surface area contributed by atoms with Gasteiger partial charge in [0, 0.05) is 50.2 Å². The lowest BCUT2D eigenvalue weighted by Crippen LogP contribution is -2.47. The Morgan fingerprint density at radius 2 is 2.12 bits per heavy atom. The minimum Gasteiger partial charge on any atom is -0.353 e. The van der Waals surface area contributed by atoms with E-state index >= 15 is 0 Å². The van der Waals surface area contributed by atoms with Crippen LogP contribution >= 0.6 is 11.3 Å². The van der Waals surface area contributed by atoms with Gasteiger partial charge in [-0.25, -0.2) is 4.98 Å². The average molecular weight is 355 g/mol. The minimum atomic E-state index is 0.0901. The summed E-state index contributed by atoms with van der Waals surface area (Å²) in [4.78, 5) is 21.9. The van der Waals surface area contributed by atoms with E-state index in [4.69, 9.17) is 0 Å². The van der Waals surface area contributed by atoms with Crippen LogP contribution in [-0.4, -0.2) is 48.5 Å². The monoisotopic (exact) mass is 355 g/mol. The Balaban J connectivity index is 1.40. The highest BCUT2D eigenvalue weighted by Gasteiger charge is 2.20. The molecule has 0 saturated carbocycles. The molecule has 0 aliphatic carbocycles. The molecule has 0 aromatic carbocycles. The molecule has 130 valence electrons. The Labute approximate surface area is 151 Å². The number of thiophene rings is 1. The first-order valence-electron chi connectivity index (χ1n) is 8.38. The van der Waals surface area contributed by atoms with Gasteiger partial charge < -0.3 is 10.2 Å². The molecular formula is C18H21N5OS. The summed E-state index contributed by atoms with van der Waals surface area (Å²) < 4.78 is 0. The first-order valence-corrected chi connectivity index (χ1v) is 9.26. The summed E-state index contributed by atoms with van der Waals surface area (Å²) in [5.74, 6) is 0.852. The zero-order valence-electron chi connectivity index (χ0n) is 14.0. The van der Waals surface area contributed by atoms with E-state index in [1.807, 2.05) is 17.5 Å². The molecular weight excluding hydrogens is 334 g/mol. The molecule has 0 bridgehead atoms. The molecule has 6 nitrogen and oxygen atoms in total. The quantitative estimate of drug-likeness (QED) is 0.856. The third kappa shape index (κ3) is 4.78. The molecule has 1 saturated heterocycles. The number of rotatable bonds is 6. The topological polar surface area (TPSA) is 72.3 Å². The van der Waals surface area contributed by atoms with Gasteiger partial charge in [0.1, 0.15) is 11.9 Å². The summed E-state index contributed by atoms with van der Waals surface area (Å²) in [6.07, 6.45) is 2.24. The van der Waals surface area contributed by atoms with Gasteiger partial charge in [-0.2, -0.15) is 5.26 Å². The number of nitriles is 1. The fourth-order valence-corrected chi connectivity index (χ4v) is 3.51. The van der Waals surface area contributed by atoms with Crippen LogP contribution in [0.3, 0.4) is 0 Å². The van der Waals surface area contributed by atoms with Crippen molar-refractivity contribution < 1.29 is 4.79 Å². The summed E-state index contributed by atoms with van der Waals surface area (Å²) in [6, 6.07) is 9.80. The van der Waals surface area contributed by atoms with Crippen molar-refractivity contribution in [1.29, 1.82) is 5.26 Å². The highest BCUT2D eigenvalue weighted by Crippen LogP contribution is 2.18. The van der Waals surface area contributed by atoms with Gasteiger partial charge in [0.25, 0.3) is 0 Å². The van der Waals surface area contributed by atoms with Crippen molar-refractivity contribution in [2.45, 2.75) is 13.0 Å². The number of anilines is 1. The van der Waals surface area contributed by atoms with Crippen LogP contribution in [0.2, 0.25) is 0 Å². The number of piperazine rings is 1. The Hall–Kier alpha value is -2.43. The number of nitrogens with one attached hydrogen (secondary N) is 1. The Morgan fingerprint density at radius 3 is 2.84 bits per heavy atom. The lowest BCUT2D eigenvalue weighted by Gasteiger charge is -2.35. The molecule has 2 aromatic rings. The molecule has 1 amide bonds. The van der Waals surface area contributed by atoms with Crippen LogP contribution in [0.1, 0.15) is 16.9 Å². The van der Waals surface area contributed by atoms with Gasteiger partial charge in [-0.1, -0.05) is 6.07 Å². The molecule has 7 heteroatoms. The van der Waals surface area contributed by atoms with Gasteiger partial charge >= 0.3 is 0 Å². The maximum Gasteiger partial charge on any atom is 0.221 e. The summed E-state index contributed by atoms with van der Waals surface area (Å²) in [7, 11) is 0. The largest absolute Gasteiger partial charge is 0.353 e. The second-order valence-electron chi connectivity index (χ2n) is 5.92.